The number of hydrogen-bond donors (Lipinski definition) is 0. The van der Waals surface area contributed by atoms with Crippen molar-refractivity contribution < 1.29 is 4.92 Å². The third-order valence-electron chi connectivity index (χ3n) is 1.50. The first-order chi connectivity index (χ1) is 6.18. The summed E-state index contributed by atoms with van der Waals surface area (Å²) >= 11 is 5.62. The van der Waals surface area contributed by atoms with E-state index in [9.17, 15) is 10.1 Å². The van der Waals surface area contributed by atoms with E-state index in [1.165, 1.54) is 12.3 Å². The maximum absolute atomic E-state index is 10.4. The lowest BCUT2D eigenvalue weighted by Crippen LogP contribution is -1.97. The molecule has 2 aromatic rings. The van der Waals surface area contributed by atoms with Gasteiger partial charge in [0.2, 0.25) is 5.65 Å². The van der Waals surface area contributed by atoms with Crippen molar-refractivity contribution in [3.8, 4) is 0 Å². The van der Waals surface area contributed by atoms with Gasteiger partial charge < -0.3 is 10.1 Å². The Morgan fingerprint density at radius 1 is 1.54 bits per heavy atom. The lowest BCUT2D eigenvalue weighted by molar-refractivity contribution is -0.391. The molecule has 0 saturated heterocycles. The minimum absolute atomic E-state index is 0.174. The van der Waals surface area contributed by atoms with Crippen LogP contribution in [0.5, 0.6) is 0 Å². The third-order valence-corrected chi connectivity index (χ3v) is 1.70. The van der Waals surface area contributed by atoms with Crippen LogP contribution in [0.4, 0.5) is 5.82 Å². The van der Waals surface area contributed by atoms with Gasteiger partial charge >= 0.3 is 5.82 Å². The van der Waals surface area contributed by atoms with Crippen molar-refractivity contribution in [3.05, 3.63) is 33.6 Å². The number of imidazole rings is 1. The van der Waals surface area contributed by atoms with E-state index < -0.39 is 4.92 Å². The van der Waals surface area contributed by atoms with E-state index in [1.807, 2.05) is 0 Å². The predicted molar refractivity (Wildman–Crippen MR) is 44.7 cm³/mol. The third kappa shape index (κ3) is 1.20. The molecule has 0 spiro atoms. The number of fused-ring (bicyclic) bond motifs is 1. The largest absolute Gasteiger partial charge is 0.368 e. The van der Waals surface area contributed by atoms with Crippen LogP contribution < -0.4 is 0 Å². The van der Waals surface area contributed by atoms with E-state index in [2.05, 4.69) is 10.1 Å². The molecule has 13 heavy (non-hydrogen) atoms. The van der Waals surface area contributed by atoms with E-state index in [1.54, 1.807) is 0 Å². The van der Waals surface area contributed by atoms with E-state index in [-0.39, 0.29) is 5.82 Å². The normalized spacial score (nSPS) is 10.5. The fourth-order valence-electron chi connectivity index (χ4n) is 0.965. The van der Waals surface area contributed by atoms with Gasteiger partial charge in [-0.1, -0.05) is 21.2 Å². The monoisotopic (exact) mass is 198 g/mol. The maximum Gasteiger partial charge on any atom is 0.368 e. The lowest BCUT2D eigenvalue weighted by atomic mass is 10.5. The van der Waals surface area contributed by atoms with Gasteiger partial charge in [-0.3, -0.25) is 0 Å². The maximum atomic E-state index is 10.4. The Morgan fingerprint density at radius 3 is 3.00 bits per heavy atom. The molecule has 2 heterocycles. The molecule has 7 heteroatoms. The standard InChI is InChI=1S/C6H3ClN4O2/c7-4-1-5-8-3-6(11(12)13)10(5)9-2-4/h1-3H. The zero-order valence-corrected chi connectivity index (χ0v) is 6.97. The van der Waals surface area contributed by atoms with Gasteiger partial charge in [0.05, 0.1) is 11.2 Å². The van der Waals surface area contributed by atoms with E-state index in [0.717, 1.165) is 10.7 Å². The second-order valence-corrected chi connectivity index (χ2v) is 2.75. The van der Waals surface area contributed by atoms with Crippen LogP contribution in [0.25, 0.3) is 5.65 Å². The Morgan fingerprint density at radius 2 is 2.31 bits per heavy atom. The van der Waals surface area contributed by atoms with Crippen molar-refractivity contribution in [3.63, 3.8) is 0 Å². The number of nitro groups is 1. The van der Waals surface area contributed by atoms with Crippen LogP contribution in [0.2, 0.25) is 5.02 Å². The fraction of sp³-hybridized carbons (Fsp3) is 0. The number of hydrogen-bond acceptors (Lipinski definition) is 4. The van der Waals surface area contributed by atoms with Gasteiger partial charge in [-0.05, 0) is 4.92 Å². The summed E-state index contributed by atoms with van der Waals surface area (Å²) < 4.78 is 1.12. The highest BCUT2D eigenvalue weighted by molar-refractivity contribution is 6.30. The van der Waals surface area contributed by atoms with Crippen molar-refractivity contribution in [2.24, 2.45) is 0 Å². The fourth-order valence-corrected chi connectivity index (χ4v) is 1.11. The predicted octanol–water partition coefficient (Wildman–Crippen LogP) is 1.29. The van der Waals surface area contributed by atoms with Crippen LogP contribution in [-0.2, 0) is 0 Å². The van der Waals surface area contributed by atoms with Crippen LogP contribution >= 0.6 is 11.6 Å². The summed E-state index contributed by atoms with van der Waals surface area (Å²) in [7, 11) is 0. The van der Waals surface area contributed by atoms with E-state index in [4.69, 9.17) is 11.6 Å². The smallest absolute Gasteiger partial charge is 0.358 e. The van der Waals surface area contributed by atoms with Gasteiger partial charge in [0, 0.05) is 6.07 Å². The highest BCUT2D eigenvalue weighted by atomic mass is 35.5. The second kappa shape index (κ2) is 2.67. The molecule has 0 N–H and O–H groups in total. The molecule has 0 aliphatic carbocycles. The molecule has 0 aliphatic rings. The van der Waals surface area contributed by atoms with Crippen LogP contribution in [0.1, 0.15) is 0 Å². The molecule has 0 radical (unpaired) electrons. The summed E-state index contributed by atoms with van der Waals surface area (Å²) in [5.74, 6) is -0.174. The summed E-state index contributed by atoms with van der Waals surface area (Å²) in [6, 6.07) is 1.50. The Balaban J connectivity index is 2.76. The van der Waals surface area contributed by atoms with Crippen LogP contribution in [0.3, 0.4) is 0 Å². The van der Waals surface area contributed by atoms with Gasteiger partial charge in [0.1, 0.15) is 6.20 Å². The van der Waals surface area contributed by atoms with Gasteiger partial charge in [0.25, 0.3) is 0 Å². The minimum atomic E-state index is -0.555. The molecule has 0 aromatic carbocycles. The first-order valence-electron chi connectivity index (χ1n) is 3.32. The summed E-state index contributed by atoms with van der Waals surface area (Å²) in [5.41, 5.74) is 0.360. The Bertz CT molecular complexity index is 480. The van der Waals surface area contributed by atoms with Crippen LogP contribution in [0, 0.1) is 10.1 Å². The highest BCUT2D eigenvalue weighted by Gasteiger charge is 2.14. The summed E-state index contributed by atoms with van der Waals surface area (Å²) in [5, 5.41) is 14.6. The van der Waals surface area contributed by atoms with Gasteiger partial charge in [0.15, 0.2) is 0 Å². The summed E-state index contributed by atoms with van der Waals surface area (Å²) in [4.78, 5) is 13.7. The van der Waals surface area contributed by atoms with Crippen molar-refractivity contribution in [2.45, 2.75) is 0 Å². The van der Waals surface area contributed by atoms with Gasteiger partial charge in [-0.25, -0.2) is 4.98 Å². The Labute approximate surface area is 76.9 Å². The van der Waals surface area contributed by atoms with Gasteiger partial charge in [-0.15, -0.1) is 0 Å². The number of rotatable bonds is 1. The molecule has 0 saturated carbocycles. The molecule has 0 fully saturated rings. The topological polar surface area (TPSA) is 73.3 Å². The minimum Gasteiger partial charge on any atom is -0.358 e. The van der Waals surface area contributed by atoms with Crippen molar-refractivity contribution >= 4 is 23.1 Å². The van der Waals surface area contributed by atoms with Crippen molar-refractivity contribution in [1.29, 1.82) is 0 Å². The molecule has 66 valence electrons. The second-order valence-electron chi connectivity index (χ2n) is 2.32. The first-order valence-corrected chi connectivity index (χ1v) is 3.70. The summed E-state index contributed by atoms with van der Waals surface area (Å²) in [6.45, 7) is 0. The lowest BCUT2D eigenvalue weighted by Gasteiger charge is -1.90. The quantitative estimate of drug-likeness (QED) is 0.511. The highest BCUT2D eigenvalue weighted by Crippen LogP contribution is 2.15. The van der Waals surface area contributed by atoms with Gasteiger partial charge in [-0.2, -0.15) is 0 Å². The molecule has 2 rings (SSSR count). The summed E-state index contributed by atoms with van der Waals surface area (Å²) in [6.07, 6.45) is 2.46. The molecule has 0 unspecified atom stereocenters. The Kier molecular flexibility index (Phi) is 1.63. The molecule has 0 bridgehead atoms. The van der Waals surface area contributed by atoms with Crippen molar-refractivity contribution in [1.82, 2.24) is 14.6 Å². The zero-order chi connectivity index (χ0) is 9.42. The molecule has 0 atom stereocenters. The molecule has 0 amide bonds. The molecule has 2 aromatic heterocycles. The van der Waals surface area contributed by atoms with Crippen LogP contribution in [-0.4, -0.2) is 19.5 Å². The SMILES string of the molecule is O=[N+]([O-])c1cnc2cc(Cl)cnn12. The molecular weight excluding hydrogens is 196 g/mol. The van der Waals surface area contributed by atoms with Crippen LogP contribution in [0.15, 0.2) is 18.5 Å². The number of nitrogens with zero attached hydrogens (tertiary/aromatic N) is 4. The average molecular weight is 199 g/mol. The number of halogens is 1. The average Bonchev–Trinajstić information content (AvgIpc) is 2.46. The molecular formula is C6H3ClN4O2. The molecule has 6 nitrogen and oxygen atoms in total. The van der Waals surface area contributed by atoms with E-state index >= 15 is 0 Å². The Hall–Kier alpha value is -1.69. The zero-order valence-electron chi connectivity index (χ0n) is 6.22. The van der Waals surface area contributed by atoms with Crippen molar-refractivity contribution in [2.75, 3.05) is 0 Å². The molecule has 0 aliphatic heterocycles. The number of aromatic nitrogens is 3. The first kappa shape index (κ1) is 7.93. The van der Waals surface area contributed by atoms with E-state index in [0.29, 0.717) is 10.7 Å².